The fraction of sp³-hybridized carbons (Fsp3) is 0.455. The van der Waals surface area contributed by atoms with Crippen LogP contribution in [0, 0.1) is 0 Å². The normalized spacial score (nSPS) is 28.4. The fourth-order valence-corrected chi connectivity index (χ4v) is 4.55. The van der Waals surface area contributed by atoms with Gasteiger partial charge in [-0.15, -0.1) is 0 Å². The molecule has 0 aromatic heterocycles. The lowest BCUT2D eigenvalue weighted by Crippen LogP contribution is -2.32. The third-order valence-electron chi connectivity index (χ3n) is 3.32. The minimum Gasteiger partial charge on any atom is -0.207 e. The van der Waals surface area contributed by atoms with E-state index in [2.05, 4.69) is 0 Å². The minimum absolute atomic E-state index is 0.111. The standard InChI is InChI=1S/C11H13NO2S/c13-15(14)11-7-2-1-5-9(11)10-6-3-4-8-12(10)15/h1-2,5,7,10H,3-4,6,8H2. The molecular formula is C11H13NO2S. The summed E-state index contributed by atoms with van der Waals surface area (Å²) in [5.41, 5.74) is 0.997. The summed E-state index contributed by atoms with van der Waals surface area (Å²) in [7, 11) is -3.17. The van der Waals surface area contributed by atoms with Crippen LogP contribution in [-0.2, 0) is 10.0 Å². The van der Waals surface area contributed by atoms with Gasteiger partial charge in [-0.1, -0.05) is 24.6 Å². The number of fused-ring (bicyclic) bond motifs is 3. The van der Waals surface area contributed by atoms with Crippen LogP contribution >= 0.6 is 0 Å². The molecular weight excluding hydrogens is 210 g/mol. The molecule has 80 valence electrons. The van der Waals surface area contributed by atoms with E-state index in [1.54, 1.807) is 16.4 Å². The van der Waals surface area contributed by atoms with Gasteiger partial charge in [0.1, 0.15) is 0 Å². The zero-order valence-electron chi connectivity index (χ0n) is 8.39. The van der Waals surface area contributed by atoms with Crippen LogP contribution in [0.5, 0.6) is 0 Å². The van der Waals surface area contributed by atoms with E-state index in [0.717, 1.165) is 24.8 Å². The van der Waals surface area contributed by atoms with E-state index in [1.165, 1.54) is 0 Å². The van der Waals surface area contributed by atoms with E-state index in [1.807, 2.05) is 12.1 Å². The molecule has 1 aromatic rings. The molecule has 3 nitrogen and oxygen atoms in total. The molecule has 0 amide bonds. The fourth-order valence-electron chi connectivity index (χ4n) is 2.62. The zero-order chi connectivity index (χ0) is 10.5. The first-order valence-electron chi connectivity index (χ1n) is 5.32. The Morgan fingerprint density at radius 2 is 2.00 bits per heavy atom. The molecule has 1 fully saturated rings. The van der Waals surface area contributed by atoms with E-state index in [4.69, 9.17) is 0 Å². The van der Waals surface area contributed by atoms with Crippen molar-refractivity contribution >= 4 is 10.0 Å². The van der Waals surface area contributed by atoms with Gasteiger partial charge in [0.05, 0.1) is 10.9 Å². The zero-order valence-corrected chi connectivity index (χ0v) is 9.20. The molecule has 2 aliphatic rings. The third kappa shape index (κ3) is 1.18. The predicted octanol–water partition coefficient (Wildman–Crippen LogP) is 1.92. The SMILES string of the molecule is O=S1(=O)c2ccccc2C2CCCCN21. The topological polar surface area (TPSA) is 37.4 Å². The molecule has 1 atom stereocenters. The van der Waals surface area contributed by atoms with Crippen molar-refractivity contribution in [2.24, 2.45) is 0 Å². The van der Waals surface area contributed by atoms with Crippen molar-refractivity contribution in [3.63, 3.8) is 0 Å². The Morgan fingerprint density at radius 3 is 2.87 bits per heavy atom. The molecule has 0 aliphatic carbocycles. The van der Waals surface area contributed by atoms with Gasteiger partial charge in [0, 0.05) is 6.54 Å². The number of benzene rings is 1. The summed E-state index contributed by atoms with van der Waals surface area (Å²) < 4.78 is 26.0. The van der Waals surface area contributed by atoms with Crippen LogP contribution in [-0.4, -0.2) is 19.3 Å². The molecule has 0 radical (unpaired) electrons. The summed E-state index contributed by atoms with van der Waals surface area (Å²) >= 11 is 0. The van der Waals surface area contributed by atoms with Crippen LogP contribution in [0.4, 0.5) is 0 Å². The van der Waals surface area contributed by atoms with Crippen molar-refractivity contribution in [3.05, 3.63) is 29.8 Å². The van der Waals surface area contributed by atoms with Crippen molar-refractivity contribution in [1.29, 1.82) is 0 Å². The molecule has 1 aromatic carbocycles. The number of hydrogen-bond acceptors (Lipinski definition) is 2. The van der Waals surface area contributed by atoms with Crippen molar-refractivity contribution < 1.29 is 8.42 Å². The molecule has 0 N–H and O–H groups in total. The second-order valence-electron chi connectivity index (χ2n) is 4.17. The number of hydrogen-bond donors (Lipinski definition) is 0. The van der Waals surface area contributed by atoms with Gasteiger partial charge in [0.25, 0.3) is 0 Å². The van der Waals surface area contributed by atoms with Crippen molar-refractivity contribution in [3.8, 4) is 0 Å². The van der Waals surface area contributed by atoms with Crippen molar-refractivity contribution in [1.82, 2.24) is 4.31 Å². The second-order valence-corrected chi connectivity index (χ2v) is 6.02. The average Bonchev–Trinajstić information content (AvgIpc) is 2.51. The Bertz CT molecular complexity index is 495. The average molecular weight is 223 g/mol. The molecule has 2 aliphatic heterocycles. The number of nitrogens with zero attached hydrogens (tertiary/aromatic N) is 1. The van der Waals surface area contributed by atoms with Crippen LogP contribution < -0.4 is 0 Å². The Hall–Kier alpha value is -0.870. The number of rotatable bonds is 0. The highest BCUT2D eigenvalue weighted by Crippen LogP contribution is 2.44. The quantitative estimate of drug-likeness (QED) is 0.674. The van der Waals surface area contributed by atoms with Gasteiger partial charge >= 0.3 is 0 Å². The maximum Gasteiger partial charge on any atom is 0.243 e. The van der Waals surface area contributed by atoms with Gasteiger partial charge in [-0.2, -0.15) is 4.31 Å². The minimum atomic E-state index is -3.17. The maximum atomic E-state index is 12.1. The van der Waals surface area contributed by atoms with Crippen molar-refractivity contribution in [2.45, 2.75) is 30.2 Å². The summed E-state index contributed by atoms with van der Waals surface area (Å²) in [6.45, 7) is 0.682. The second kappa shape index (κ2) is 3.06. The molecule has 3 rings (SSSR count). The summed E-state index contributed by atoms with van der Waals surface area (Å²) in [5, 5.41) is 0. The lowest BCUT2D eigenvalue weighted by molar-refractivity contribution is 0.269. The molecule has 0 spiro atoms. The first-order chi connectivity index (χ1) is 7.21. The molecule has 1 unspecified atom stereocenters. The Morgan fingerprint density at radius 1 is 1.20 bits per heavy atom. The van der Waals surface area contributed by atoms with Gasteiger partial charge in [-0.25, -0.2) is 8.42 Å². The van der Waals surface area contributed by atoms with Crippen molar-refractivity contribution in [2.75, 3.05) is 6.54 Å². The Labute approximate surface area is 89.8 Å². The van der Waals surface area contributed by atoms with E-state index in [9.17, 15) is 8.42 Å². The number of piperidine rings is 1. The summed E-state index contributed by atoms with van der Waals surface area (Å²) in [6.07, 6.45) is 3.09. The summed E-state index contributed by atoms with van der Waals surface area (Å²) in [4.78, 5) is 0.525. The van der Waals surface area contributed by atoms with E-state index in [0.29, 0.717) is 11.4 Å². The monoisotopic (exact) mass is 223 g/mol. The van der Waals surface area contributed by atoms with Gasteiger partial charge in [0.15, 0.2) is 0 Å². The van der Waals surface area contributed by atoms with Gasteiger partial charge in [0.2, 0.25) is 10.0 Å². The number of sulfonamides is 1. The first-order valence-corrected chi connectivity index (χ1v) is 6.76. The van der Waals surface area contributed by atoms with Crippen LogP contribution in [0.2, 0.25) is 0 Å². The highest BCUT2D eigenvalue weighted by molar-refractivity contribution is 7.89. The molecule has 0 bridgehead atoms. The molecule has 15 heavy (non-hydrogen) atoms. The van der Waals surface area contributed by atoms with Gasteiger partial charge < -0.3 is 0 Å². The smallest absolute Gasteiger partial charge is 0.207 e. The highest BCUT2D eigenvalue weighted by Gasteiger charge is 2.42. The van der Waals surface area contributed by atoms with Crippen LogP contribution in [0.15, 0.2) is 29.2 Å². The molecule has 2 heterocycles. The molecule has 0 saturated carbocycles. The predicted molar refractivity (Wildman–Crippen MR) is 56.9 cm³/mol. The van der Waals surface area contributed by atoms with E-state index in [-0.39, 0.29) is 6.04 Å². The highest BCUT2D eigenvalue weighted by atomic mass is 32.2. The van der Waals surface area contributed by atoms with Crippen LogP contribution in [0.3, 0.4) is 0 Å². The summed E-state index contributed by atoms with van der Waals surface area (Å²) in [6, 6.07) is 7.51. The van der Waals surface area contributed by atoms with Crippen LogP contribution in [0.25, 0.3) is 0 Å². The Kier molecular flexibility index (Phi) is 1.91. The maximum absolute atomic E-state index is 12.1. The first kappa shape index (κ1) is 9.36. The van der Waals surface area contributed by atoms with Gasteiger partial charge in [-0.05, 0) is 24.5 Å². The third-order valence-corrected chi connectivity index (χ3v) is 5.30. The largest absolute Gasteiger partial charge is 0.243 e. The van der Waals surface area contributed by atoms with E-state index >= 15 is 0 Å². The summed E-state index contributed by atoms with van der Waals surface area (Å²) in [5.74, 6) is 0. The molecule has 1 saturated heterocycles. The molecule has 4 heteroatoms. The Balaban J connectivity index is 2.22. The van der Waals surface area contributed by atoms with Crippen LogP contribution in [0.1, 0.15) is 30.9 Å². The lowest BCUT2D eigenvalue weighted by Gasteiger charge is -2.27. The van der Waals surface area contributed by atoms with Gasteiger partial charge in [-0.3, -0.25) is 0 Å². The lowest BCUT2D eigenvalue weighted by atomic mass is 9.98. The van der Waals surface area contributed by atoms with E-state index < -0.39 is 10.0 Å².